The first-order chi connectivity index (χ1) is 13.6. The van der Waals surface area contributed by atoms with Crippen LogP contribution >= 0.6 is 11.3 Å². The molecule has 3 saturated heterocycles. The van der Waals surface area contributed by atoms with E-state index in [1.54, 1.807) is 0 Å². The van der Waals surface area contributed by atoms with Crippen molar-refractivity contribution < 1.29 is 14.3 Å². The van der Waals surface area contributed by atoms with Crippen LogP contribution in [0.1, 0.15) is 30.1 Å². The van der Waals surface area contributed by atoms with Crippen molar-refractivity contribution >= 4 is 23.3 Å². The number of piperazine rings is 1. The number of nitrogens with zero attached hydrogens (tertiary/aromatic N) is 4. The number of ether oxygens (including phenoxy) is 1. The first-order valence-electron chi connectivity index (χ1n) is 10.3. The first-order valence-corrected chi connectivity index (χ1v) is 11.3. The standard InChI is InChI=1S/C20H30N4O3S/c1-2-21-8-10-22(11-9-21)12-13-24-16-20(27-19(24)26)4-6-23(7-5-20)18(25)17-3-14-28-15-17/h3,14-15H,2,4-13,16H2,1H3. The highest BCUT2D eigenvalue weighted by molar-refractivity contribution is 7.08. The van der Waals surface area contributed by atoms with Gasteiger partial charge in [-0.25, -0.2) is 4.79 Å². The van der Waals surface area contributed by atoms with Crippen molar-refractivity contribution in [2.75, 3.05) is 65.4 Å². The van der Waals surface area contributed by atoms with E-state index in [1.807, 2.05) is 26.6 Å². The van der Waals surface area contributed by atoms with E-state index in [-0.39, 0.29) is 12.0 Å². The Labute approximate surface area is 170 Å². The van der Waals surface area contributed by atoms with E-state index < -0.39 is 5.60 Å². The lowest BCUT2D eigenvalue weighted by Crippen LogP contribution is -2.50. The largest absolute Gasteiger partial charge is 0.441 e. The van der Waals surface area contributed by atoms with Gasteiger partial charge in [-0.2, -0.15) is 11.3 Å². The average molecular weight is 407 g/mol. The molecule has 3 fully saturated rings. The van der Waals surface area contributed by atoms with Crippen LogP contribution in [0.2, 0.25) is 0 Å². The molecule has 3 aliphatic heterocycles. The molecule has 0 unspecified atom stereocenters. The molecule has 0 aliphatic carbocycles. The van der Waals surface area contributed by atoms with Crippen molar-refractivity contribution in [3.63, 3.8) is 0 Å². The van der Waals surface area contributed by atoms with Crippen LogP contribution in [0.4, 0.5) is 4.79 Å². The van der Waals surface area contributed by atoms with Crippen LogP contribution < -0.4 is 0 Å². The Hall–Kier alpha value is -1.64. The van der Waals surface area contributed by atoms with Gasteiger partial charge in [0.1, 0.15) is 5.60 Å². The van der Waals surface area contributed by atoms with Crippen molar-refractivity contribution in [3.05, 3.63) is 22.4 Å². The second kappa shape index (κ2) is 8.39. The van der Waals surface area contributed by atoms with Crippen molar-refractivity contribution in [2.45, 2.75) is 25.4 Å². The van der Waals surface area contributed by atoms with Crippen LogP contribution in [0.25, 0.3) is 0 Å². The van der Waals surface area contributed by atoms with Crippen LogP contribution in [0.3, 0.4) is 0 Å². The molecule has 1 spiro atoms. The number of rotatable bonds is 5. The molecule has 0 atom stereocenters. The number of carbonyl (C=O) groups is 2. The summed E-state index contributed by atoms with van der Waals surface area (Å²) in [6, 6.07) is 1.87. The highest BCUT2D eigenvalue weighted by atomic mass is 32.1. The van der Waals surface area contributed by atoms with Crippen molar-refractivity contribution in [3.8, 4) is 0 Å². The molecule has 4 heterocycles. The molecular weight excluding hydrogens is 376 g/mol. The third-order valence-corrected chi connectivity index (χ3v) is 7.05. The van der Waals surface area contributed by atoms with E-state index in [0.29, 0.717) is 19.6 Å². The third-order valence-electron chi connectivity index (χ3n) is 6.37. The second-order valence-electron chi connectivity index (χ2n) is 8.05. The Bertz CT molecular complexity index is 680. The van der Waals surface area contributed by atoms with E-state index >= 15 is 0 Å². The molecule has 7 nitrogen and oxygen atoms in total. The van der Waals surface area contributed by atoms with Crippen LogP contribution in [-0.4, -0.2) is 103 Å². The summed E-state index contributed by atoms with van der Waals surface area (Å²) in [7, 11) is 0. The number of amides is 2. The van der Waals surface area contributed by atoms with Crippen molar-refractivity contribution in [1.29, 1.82) is 0 Å². The summed E-state index contributed by atoms with van der Waals surface area (Å²) in [4.78, 5) is 33.6. The molecule has 2 amide bonds. The Morgan fingerprint density at radius 1 is 1.11 bits per heavy atom. The fourth-order valence-electron chi connectivity index (χ4n) is 4.40. The molecule has 28 heavy (non-hydrogen) atoms. The summed E-state index contributed by atoms with van der Waals surface area (Å²) in [6.07, 6.45) is 1.26. The zero-order chi connectivity index (χ0) is 19.6. The molecule has 3 aliphatic rings. The zero-order valence-electron chi connectivity index (χ0n) is 16.6. The van der Waals surface area contributed by atoms with Gasteiger partial charge in [-0.3, -0.25) is 9.69 Å². The number of likely N-dealkylation sites (N-methyl/N-ethyl adjacent to an activating group) is 1. The predicted octanol–water partition coefficient (Wildman–Crippen LogP) is 1.81. The van der Waals surface area contributed by atoms with Crippen LogP contribution in [-0.2, 0) is 4.74 Å². The van der Waals surface area contributed by atoms with Gasteiger partial charge in [-0.15, -0.1) is 0 Å². The van der Waals surface area contributed by atoms with Gasteiger partial charge in [0.05, 0.1) is 12.1 Å². The zero-order valence-corrected chi connectivity index (χ0v) is 17.5. The van der Waals surface area contributed by atoms with Crippen LogP contribution in [0.15, 0.2) is 16.8 Å². The monoisotopic (exact) mass is 406 g/mol. The predicted molar refractivity (Wildman–Crippen MR) is 109 cm³/mol. The Morgan fingerprint density at radius 3 is 2.46 bits per heavy atom. The van der Waals surface area contributed by atoms with Gasteiger partial charge in [0.15, 0.2) is 0 Å². The van der Waals surface area contributed by atoms with Gasteiger partial charge in [-0.1, -0.05) is 6.92 Å². The molecule has 8 heteroatoms. The summed E-state index contributed by atoms with van der Waals surface area (Å²) >= 11 is 1.54. The van der Waals surface area contributed by atoms with Crippen molar-refractivity contribution in [2.24, 2.45) is 0 Å². The topological polar surface area (TPSA) is 56.3 Å². The quantitative estimate of drug-likeness (QED) is 0.747. The number of hydrogen-bond acceptors (Lipinski definition) is 6. The van der Waals surface area contributed by atoms with Gasteiger partial charge < -0.3 is 19.4 Å². The van der Waals surface area contributed by atoms with E-state index in [4.69, 9.17) is 4.74 Å². The highest BCUT2D eigenvalue weighted by Gasteiger charge is 2.47. The molecule has 0 bridgehead atoms. The Balaban J connectivity index is 1.25. The second-order valence-corrected chi connectivity index (χ2v) is 8.83. The van der Waals surface area contributed by atoms with E-state index in [0.717, 1.165) is 64.2 Å². The molecule has 1 aromatic heterocycles. The maximum atomic E-state index is 12.5. The van der Waals surface area contributed by atoms with E-state index in [9.17, 15) is 9.59 Å². The number of hydrogen-bond donors (Lipinski definition) is 0. The van der Waals surface area contributed by atoms with Crippen LogP contribution in [0.5, 0.6) is 0 Å². The number of thiophene rings is 1. The molecule has 0 aromatic carbocycles. The lowest BCUT2D eigenvalue weighted by Gasteiger charge is -2.37. The van der Waals surface area contributed by atoms with Gasteiger partial charge in [0.25, 0.3) is 5.91 Å². The van der Waals surface area contributed by atoms with Gasteiger partial charge in [-0.05, 0) is 18.0 Å². The normalized spacial score (nSPS) is 23.4. The maximum absolute atomic E-state index is 12.5. The van der Waals surface area contributed by atoms with Crippen LogP contribution in [0, 0.1) is 0 Å². The fourth-order valence-corrected chi connectivity index (χ4v) is 5.03. The molecule has 0 saturated carbocycles. The van der Waals surface area contributed by atoms with E-state index in [2.05, 4.69) is 16.7 Å². The Morgan fingerprint density at radius 2 is 1.82 bits per heavy atom. The summed E-state index contributed by atoms with van der Waals surface area (Å²) in [5, 5.41) is 3.82. The van der Waals surface area contributed by atoms with E-state index in [1.165, 1.54) is 11.3 Å². The molecule has 0 radical (unpaired) electrons. The maximum Gasteiger partial charge on any atom is 0.410 e. The molecule has 4 rings (SSSR count). The SMILES string of the molecule is CCN1CCN(CCN2CC3(CCN(C(=O)c4ccsc4)CC3)OC2=O)CC1. The number of piperidine rings is 1. The summed E-state index contributed by atoms with van der Waals surface area (Å²) in [5.74, 6) is 0.0866. The minimum absolute atomic E-state index is 0.0866. The van der Waals surface area contributed by atoms with Crippen molar-refractivity contribution in [1.82, 2.24) is 19.6 Å². The smallest absolute Gasteiger partial charge is 0.410 e. The highest BCUT2D eigenvalue weighted by Crippen LogP contribution is 2.33. The lowest BCUT2D eigenvalue weighted by atomic mass is 9.91. The summed E-state index contributed by atoms with van der Waals surface area (Å²) in [6.45, 7) is 11.3. The minimum atomic E-state index is -0.413. The lowest BCUT2D eigenvalue weighted by molar-refractivity contribution is 0.00313. The molecular formula is C20H30N4O3S. The molecule has 1 aromatic rings. The number of carbonyl (C=O) groups excluding carboxylic acids is 2. The van der Waals surface area contributed by atoms with Gasteiger partial charge in [0.2, 0.25) is 0 Å². The molecule has 0 N–H and O–H groups in total. The number of likely N-dealkylation sites (tertiary alicyclic amines) is 1. The minimum Gasteiger partial charge on any atom is -0.441 e. The first kappa shape index (κ1) is 19.7. The molecule has 154 valence electrons. The summed E-state index contributed by atoms with van der Waals surface area (Å²) in [5.41, 5.74) is 0.345. The third kappa shape index (κ3) is 4.18. The fraction of sp³-hybridized carbons (Fsp3) is 0.700. The average Bonchev–Trinajstić information content (AvgIpc) is 3.35. The van der Waals surface area contributed by atoms with Gasteiger partial charge >= 0.3 is 6.09 Å². The van der Waals surface area contributed by atoms with Gasteiger partial charge in [0, 0.05) is 70.6 Å². The summed E-state index contributed by atoms with van der Waals surface area (Å²) < 4.78 is 5.82. The Kier molecular flexibility index (Phi) is 5.89.